The van der Waals surface area contributed by atoms with Crippen LogP contribution in [0.4, 0.5) is 10.5 Å². The zero-order chi connectivity index (χ0) is 28.0. The van der Waals surface area contributed by atoms with Crippen molar-refractivity contribution in [2.45, 2.75) is 65.0 Å². The van der Waals surface area contributed by atoms with Gasteiger partial charge in [0.15, 0.2) is 0 Å². The number of anilines is 1. The van der Waals surface area contributed by atoms with Crippen LogP contribution in [0.15, 0.2) is 84.9 Å². The van der Waals surface area contributed by atoms with Crippen LogP contribution < -0.4 is 16.1 Å². The summed E-state index contributed by atoms with van der Waals surface area (Å²) in [5.41, 5.74) is 6.27. The molecule has 3 atom stereocenters. The normalized spacial score (nSPS) is 19.6. The number of rotatable bonds is 6. The average Bonchev–Trinajstić information content (AvgIpc) is 3.02. The molecule has 3 aromatic rings. The van der Waals surface area contributed by atoms with Crippen LogP contribution in [0.1, 0.15) is 68.7 Å². The number of hydrogen-bond donors (Lipinski definition) is 3. The van der Waals surface area contributed by atoms with E-state index in [4.69, 9.17) is 0 Å². The lowest BCUT2D eigenvalue weighted by atomic mass is 9.86. The van der Waals surface area contributed by atoms with E-state index in [0.29, 0.717) is 18.5 Å². The molecule has 1 heterocycles. The van der Waals surface area contributed by atoms with Gasteiger partial charge in [-0.05, 0) is 53.9 Å². The summed E-state index contributed by atoms with van der Waals surface area (Å²) >= 11 is 0. The Morgan fingerprint density at radius 1 is 0.846 bits per heavy atom. The molecule has 0 spiro atoms. The molecule has 3 N–H and O–H groups in total. The Balaban J connectivity index is 1.69. The standard InChI is InChI=1S/C32H38N4O3/c1-22-13-11-12-18-26(22)33-31(39)34-27-19-25(23-14-7-5-8-15-23)20-28(24-16-9-6-10-17-24)36(30(27)38)35-29(37)21-32(2,3)4/h5-18,25,27-28H,19-21H2,1-4H3,(H,35,37)(H2,33,34,39). The van der Waals surface area contributed by atoms with Crippen molar-refractivity contribution in [1.29, 1.82) is 0 Å². The van der Waals surface area contributed by atoms with Crippen molar-refractivity contribution >= 4 is 23.5 Å². The van der Waals surface area contributed by atoms with E-state index in [-0.39, 0.29) is 29.6 Å². The summed E-state index contributed by atoms with van der Waals surface area (Å²) in [6.45, 7) is 7.86. The Bertz CT molecular complexity index is 1290. The molecular formula is C32H38N4O3. The summed E-state index contributed by atoms with van der Waals surface area (Å²) in [5, 5.41) is 7.24. The third kappa shape index (κ3) is 7.47. The van der Waals surface area contributed by atoms with E-state index in [9.17, 15) is 14.4 Å². The third-order valence-electron chi connectivity index (χ3n) is 6.97. The van der Waals surface area contributed by atoms with Gasteiger partial charge in [0.25, 0.3) is 5.91 Å². The molecule has 0 aromatic heterocycles. The van der Waals surface area contributed by atoms with E-state index in [0.717, 1.165) is 16.7 Å². The van der Waals surface area contributed by atoms with Crippen molar-refractivity contribution in [3.8, 4) is 0 Å². The molecule has 39 heavy (non-hydrogen) atoms. The molecule has 3 unspecified atom stereocenters. The Morgan fingerprint density at radius 2 is 1.44 bits per heavy atom. The van der Waals surface area contributed by atoms with Crippen LogP contribution in [0, 0.1) is 12.3 Å². The maximum atomic E-state index is 14.1. The van der Waals surface area contributed by atoms with Crippen LogP contribution >= 0.6 is 0 Å². The fraction of sp³-hybridized carbons (Fsp3) is 0.344. The van der Waals surface area contributed by atoms with Crippen LogP contribution in [0.2, 0.25) is 0 Å². The van der Waals surface area contributed by atoms with Gasteiger partial charge < -0.3 is 10.6 Å². The maximum absolute atomic E-state index is 14.1. The monoisotopic (exact) mass is 526 g/mol. The fourth-order valence-electron chi connectivity index (χ4n) is 5.07. The van der Waals surface area contributed by atoms with Crippen LogP contribution in [0.25, 0.3) is 0 Å². The first kappa shape index (κ1) is 27.9. The minimum absolute atomic E-state index is 0.0337. The van der Waals surface area contributed by atoms with Crippen LogP contribution in [0.3, 0.4) is 0 Å². The molecule has 1 fully saturated rings. The highest BCUT2D eigenvalue weighted by Gasteiger charge is 2.40. The second kappa shape index (κ2) is 12.2. The van der Waals surface area contributed by atoms with E-state index in [1.165, 1.54) is 5.01 Å². The summed E-state index contributed by atoms with van der Waals surface area (Å²) in [6, 6.07) is 25.5. The zero-order valence-electron chi connectivity index (χ0n) is 23.1. The van der Waals surface area contributed by atoms with E-state index in [1.54, 1.807) is 0 Å². The molecule has 1 saturated heterocycles. The lowest BCUT2D eigenvalue weighted by Crippen LogP contribution is -2.55. The van der Waals surface area contributed by atoms with Crippen molar-refractivity contribution in [3.63, 3.8) is 0 Å². The Labute approximate surface area is 231 Å². The maximum Gasteiger partial charge on any atom is 0.319 e. The Kier molecular flexibility index (Phi) is 8.69. The number of nitrogens with one attached hydrogen (secondary N) is 3. The topological polar surface area (TPSA) is 90.5 Å². The number of aryl methyl sites for hydroxylation is 1. The minimum Gasteiger partial charge on any atom is -0.326 e. The molecule has 7 nitrogen and oxygen atoms in total. The second-order valence-corrected chi connectivity index (χ2v) is 11.5. The number of hydrogen-bond acceptors (Lipinski definition) is 3. The highest BCUT2D eigenvalue weighted by atomic mass is 16.2. The number of carbonyl (C=O) groups is 3. The van der Waals surface area contributed by atoms with Gasteiger partial charge in [-0.15, -0.1) is 0 Å². The first-order valence-electron chi connectivity index (χ1n) is 13.5. The quantitative estimate of drug-likeness (QED) is 0.363. The van der Waals surface area contributed by atoms with E-state index < -0.39 is 18.1 Å². The number of nitrogens with zero attached hydrogens (tertiary/aromatic N) is 1. The number of benzene rings is 3. The lowest BCUT2D eigenvalue weighted by Gasteiger charge is -2.33. The summed E-state index contributed by atoms with van der Waals surface area (Å²) in [5.74, 6) is -0.615. The largest absolute Gasteiger partial charge is 0.326 e. The van der Waals surface area contributed by atoms with Gasteiger partial charge in [0.05, 0.1) is 6.04 Å². The molecule has 4 amide bonds. The highest BCUT2D eigenvalue weighted by molar-refractivity contribution is 5.95. The summed E-state index contributed by atoms with van der Waals surface area (Å²) in [7, 11) is 0. The molecule has 0 radical (unpaired) electrons. The highest BCUT2D eigenvalue weighted by Crippen LogP contribution is 2.38. The Hall–Kier alpha value is -4.13. The predicted molar refractivity (Wildman–Crippen MR) is 154 cm³/mol. The molecule has 1 aliphatic heterocycles. The van der Waals surface area contributed by atoms with Gasteiger partial charge in [-0.1, -0.05) is 99.6 Å². The summed E-state index contributed by atoms with van der Waals surface area (Å²) in [4.78, 5) is 40.4. The molecule has 1 aliphatic rings. The number of carbonyl (C=O) groups excluding carboxylic acids is 3. The fourth-order valence-corrected chi connectivity index (χ4v) is 5.07. The molecule has 3 aromatic carbocycles. The molecule has 0 saturated carbocycles. The zero-order valence-corrected chi connectivity index (χ0v) is 23.1. The molecule has 7 heteroatoms. The van der Waals surface area contributed by atoms with Crippen molar-refractivity contribution < 1.29 is 14.4 Å². The molecule has 0 bridgehead atoms. The minimum atomic E-state index is -0.845. The first-order chi connectivity index (χ1) is 18.6. The van der Waals surface area contributed by atoms with Crippen molar-refractivity contribution in [2.75, 3.05) is 5.32 Å². The van der Waals surface area contributed by atoms with Crippen molar-refractivity contribution in [3.05, 3.63) is 102 Å². The van der Waals surface area contributed by atoms with Gasteiger partial charge in [-0.25, -0.2) is 9.80 Å². The van der Waals surface area contributed by atoms with Crippen LogP contribution in [-0.2, 0) is 9.59 Å². The van der Waals surface area contributed by atoms with E-state index in [2.05, 4.69) is 28.2 Å². The SMILES string of the molecule is Cc1ccccc1NC(=O)NC1CC(c2ccccc2)CC(c2ccccc2)N(NC(=O)CC(C)(C)C)C1=O. The smallest absolute Gasteiger partial charge is 0.319 e. The van der Waals surface area contributed by atoms with Crippen molar-refractivity contribution in [1.82, 2.24) is 15.8 Å². The average molecular weight is 527 g/mol. The predicted octanol–water partition coefficient (Wildman–Crippen LogP) is 6.10. The molecule has 0 aliphatic carbocycles. The first-order valence-corrected chi connectivity index (χ1v) is 13.5. The number of amides is 4. The van der Waals surface area contributed by atoms with Gasteiger partial charge in [0.2, 0.25) is 5.91 Å². The second-order valence-electron chi connectivity index (χ2n) is 11.5. The Morgan fingerprint density at radius 3 is 2.05 bits per heavy atom. The molecule has 204 valence electrons. The number of hydrazine groups is 1. The van der Waals surface area contributed by atoms with Gasteiger partial charge in [0, 0.05) is 12.1 Å². The summed E-state index contributed by atoms with van der Waals surface area (Å²) < 4.78 is 0. The van der Waals surface area contributed by atoms with Crippen LogP contribution in [-0.4, -0.2) is 28.9 Å². The van der Waals surface area contributed by atoms with E-state index in [1.807, 2.05) is 100 Å². The number of para-hydroxylation sites is 1. The molecule has 4 rings (SSSR count). The van der Waals surface area contributed by atoms with Gasteiger partial charge in [-0.2, -0.15) is 0 Å². The lowest BCUT2D eigenvalue weighted by molar-refractivity contribution is -0.146. The third-order valence-corrected chi connectivity index (χ3v) is 6.97. The molecular weight excluding hydrogens is 488 g/mol. The van der Waals surface area contributed by atoms with Gasteiger partial charge in [0.1, 0.15) is 6.04 Å². The summed E-state index contributed by atoms with van der Waals surface area (Å²) in [6.07, 6.45) is 1.25. The van der Waals surface area contributed by atoms with Gasteiger partial charge >= 0.3 is 6.03 Å². The van der Waals surface area contributed by atoms with Crippen molar-refractivity contribution in [2.24, 2.45) is 5.41 Å². The number of urea groups is 1. The van der Waals surface area contributed by atoms with Crippen LogP contribution in [0.5, 0.6) is 0 Å². The van der Waals surface area contributed by atoms with E-state index >= 15 is 0 Å². The van der Waals surface area contributed by atoms with Gasteiger partial charge in [-0.3, -0.25) is 15.0 Å².